The second kappa shape index (κ2) is 6.68. The normalized spacial score (nSPS) is 16.4. The molecule has 3 aromatic rings. The summed E-state index contributed by atoms with van der Waals surface area (Å²) in [6, 6.07) is 14.9. The molecule has 25 heavy (non-hydrogen) atoms. The van der Waals surface area contributed by atoms with E-state index in [2.05, 4.69) is 31.9 Å². The maximum Gasteiger partial charge on any atom is 0.243 e. The second-order valence-corrected chi connectivity index (χ2v) is 9.68. The molecule has 1 fully saturated rings. The first-order chi connectivity index (χ1) is 12.0. The summed E-state index contributed by atoms with van der Waals surface area (Å²) in [5.41, 5.74) is 0.992. The van der Waals surface area contributed by atoms with Crippen LogP contribution < -0.4 is 4.90 Å². The average molecular weight is 438 g/mol. The Bertz CT molecular complexity index is 978. The van der Waals surface area contributed by atoms with E-state index in [-0.39, 0.29) is 0 Å². The average Bonchev–Trinajstić information content (AvgIpc) is 3.06. The Morgan fingerprint density at radius 1 is 1.00 bits per heavy atom. The first kappa shape index (κ1) is 17.0. The van der Waals surface area contributed by atoms with E-state index < -0.39 is 10.0 Å². The predicted molar refractivity (Wildman–Crippen MR) is 105 cm³/mol. The molecule has 2 aromatic carbocycles. The van der Waals surface area contributed by atoms with E-state index >= 15 is 0 Å². The van der Waals surface area contributed by atoms with Crippen LogP contribution >= 0.6 is 27.3 Å². The number of anilines is 1. The lowest BCUT2D eigenvalue weighted by Gasteiger charge is -2.33. The highest BCUT2D eigenvalue weighted by Crippen LogP contribution is 2.30. The third-order valence-corrected chi connectivity index (χ3v) is 7.71. The number of nitrogens with zero attached hydrogens (tertiary/aromatic N) is 3. The fourth-order valence-corrected chi connectivity index (χ4v) is 5.93. The molecule has 130 valence electrons. The van der Waals surface area contributed by atoms with Gasteiger partial charge in [0.1, 0.15) is 0 Å². The number of para-hydroxylation sites is 1. The lowest BCUT2D eigenvalue weighted by Crippen LogP contribution is -2.48. The van der Waals surface area contributed by atoms with Gasteiger partial charge in [0.25, 0.3) is 0 Å². The molecule has 0 aliphatic carbocycles. The number of hydrogen-bond acceptors (Lipinski definition) is 5. The van der Waals surface area contributed by atoms with E-state index in [1.165, 1.54) is 0 Å². The van der Waals surface area contributed by atoms with Gasteiger partial charge in [0, 0.05) is 30.7 Å². The molecular weight excluding hydrogens is 422 g/mol. The van der Waals surface area contributed by atoms with E-state index in [1.54, 1.807) is 33.8 Å². The van der Waals surface area contributed by atoms with Crippen molar-refractivity contribution in [1.29, 1.82) is 0 Å². The zero-order valence-electron chi connectivity index (χ0n) is 13.3. The number of fused-ring (bicyclic) bond motifs is 1. The topological polar surface area (TPSA) is 53.5 Å². The molecule has 0 saturated carbocycles. The van der Waals surface area contributed by atoms with Crippen LogP contribution in [0.1, 0.15) is 0 Å². The van der Waals surface area contributed by atoms with Gasteiger partial charge in [-0.25, -0.2) is 13.4 Å². The highest BCUT2D eigenvalue weighted by molar-refractivity contribution is 9.10. The molecule has 0 unspecified atom stereocenters. The molecule has 1 saturated heterocycles. The SMILES string of the molecule is O=S(=O)(c1cccc(Br)c1)N1CCN(c2nc3ccccc3s2)CC1. The van der Waals surface area contributed by atoms with E-state index in [0.29, 0.717) is 31.1 Å². The summed E-state index contributed by atoms with van der Waals surface area (Å²) in [5, 5.41) is 0.959. The largest absolute Gasteiger partial charge is 0.345 e. The van der Waals surface area contributed by atoms with Gasteiger partial charge in [-0.1, -0.05) is 45.5 Å². The highest BCUT2D eigenvalue weighted by Gasteiger charge is 2.29. The first-order valence-corrected chi connectivity index (χ1v) is 11.0. The van der Waals surface area contributed by atoms with Crippen molar-refractivity contribution in [2.75, 3.05) is 31.1 Å². The van der Waals surface area contributed by atoms with Crippen molar-refractivity contribution in [2.24, 2.45) is 0 Å². The Morgan fingerprint density at radius 3 is 2.48 bits per heavy atom. The Kier molecular flexibility index (Phi) is 4.53. The van der Waals surface area contributed by atoms with Crippen LogP contribution in [-0.4, -0.2) is 43.9 Å². The van der Waals surface area contributed by atoms with Crippen LogP contribution in [0.3, 0.4) is 0 Å². The molecule has 4 rings (SSSR count). The monoisotopic (exact) mass is 437 g/mol. The Morgan fingerprint density at radius 2 is 1.76 bits per heavy atom. The molecule has 0 N–H and O–H groups in total. The summed E-state index contributed by atoms with van der Waals surface area (Å²) in [5.74, 6) is 0. The van der Waals surface area contributed by atoms with Crippen LogP contribution in [0.5, 0.6) is 0 Å². The van der Waals surface area contributed by atoms with Crippen molar-refractivity contribution in [2.45, 2.75) is 4.90 Å². The van der Waals surface area contributed by atoms with Gasteiger partial charge in [0.2, 0.25) is 10.0 Å². The smallest absolute Gasteiger partial charge is 0.243 e. The summed E-state index contributed by atoms with van der Waals surface area (Å²) in [7, 11) is -3.46. The van der Waals surface area contributed by atoms with Gasteiger partial charge in [0.05, 0.1) is 15.1 Å². The minimum Gasteiger partial charge on any atom is -0.345 e. The lowest BCUT2D eigenvalue weighted by atomic mass is 10.3. The highest BCUT2D eigenvalue weighted by atomic mass is 79.9. The quantitative estimate of drug-likeness (QED) is 0.628. The summed E-state index contributed by atoms with van der Waals surface area (Å²) < 4.78 is 29.1. The van der Waals surface area contributed by atoms with Crippen LogP contribution in [0.2, 0.25) is 0 Å². The van der Waals surface area contributed by atoms with Crippen molar-refractivity contribution >= 4 is 52.6 Å². The molecule has 0 spiro atoms. The summed E-state index contributed by atoms with van der Waals surface area (Å²) in [4.78, 5) is 7.16. The van der Waals surface area contributed by atoms with Gasteiger partial charge >= 0.3 is 0 Å². The minimum absolute atomic E-state index is 0.329. The van der Waals surface area contributed by atoms with Gasteiger partial charge in [-0.05, 0) is 30.3 Å². The van der Waals surface area contributed by atoms with Crippen molar-refractivity contribution in [1.82, 2.24) is 9.29 Å². The summed E-state index contributed by atoms with van der Waals surface area (Å²) in [6.07, 6.45) is 0. The zero-order valence-corrected chi connectivity index (χ0v) is 16.5. The maximum atomic E-state index is 12.8. The van der Waals surface area contributed by atoms with E-state index in [1.807, 2.05) is 24.3 Å². The fourth-order valence-electron chi connectivity index (χ4n) is 2.89. The molecule has 0 atom stereocenters. The lowest BCUT2D eigenvalue weighted by molar-refractivity contribution is 0.385. The van der Waals surface area contributed by atoms with E-state index in [9.17, 15) is 8.42 Å². The number of sulfonamides is 1. The van der Waals surface area contributed by atoms with Crippen molar-refractivity contribution in [3.8, 4) is 0 Å². The minimum atomic E-state index is -3.46. The van der Waals surface area contributed by atoms with Gasteiger partial charge < -0.3 is 4.90 Å². The molecule has 5 nitrogen and oxygen atoms in total. The number of aromatic nitrogens is 1. The Hall–Kier alpha value is -1.48. The molecular formula is C17H16BrN3O2S2. The van der Waals surface area contributed by atoms with Crippen molar-refractivity contribution < 1.29 is 8.42 Å². The molecule has 8 heteroatoms. The predicted octanol–water partition coefficient (Wildman–Crippen LogP) is 3.57. The summed E-state index contributed by atoms with van der Waals surface area (Å²) >= 11 is 4.99. The zero-order chi connectivity index (χ0) is 17.4. The van der Waals surface area contributed by atoms with Crippen LogP contribution in [0, 0.1) is 0 Å². The Balaban J connectivity index is 1.51. The molecule has 1 aliphatic heterocycles. The molecule has 1 aliphatic rings. The molecule has 0 bridgehead atoms. The van der Waals surface area contributed by atoms with Crippen LogP contribution in [0.25, 0.3) is 10.2 Å². The number of rotatable bonds is 3. The third-order valence-electron chi connectivity index (χ3n) is 4.23. The van der Waals surface area contributed by atoms with E-state index in [4.69, 9.17) is 0 Å². The number of benzene rings is 2. The Labute approximate surface area is 159 Å². The fraction of sp³-hybridized carbons (Fsp3) is 0.235. The van der Waals surface area contributed by atoms with Gasteiger partial charge in [-0.3, -0.25) is 0 Å². The molecule has 2 heterocycles. The standard InChI is InChI=1S/C17H16BrN3O2S2/c18-13-4-3-5-14(12-13)25(22,23)21-10-8-20(9-11-21)17-19-15-6-1-2-7-16(15)24-17/h1-7,12H,8-11H2. The van der Waals surface area contributed by atoms with Crippen LogP contribution in [-0.2, 0) is 10.0 Å². The number of halogens is 1. The number of hydrogen-bond donors (Lipinski definition) is 0. The third kappa shape index (κ3) is 3.31. The van der Waals surface area contributed by atoms with Gasteiger partial charge in [0.15, 0.2) is 5.13 Å². The number of piperazine rings is 1. The first-order valence-electron chi connectivity index (χ1n) is 7.90. The van der Waals surface area contributed by atoms with Gasteiger partial charge in [-0.15, -0.1) is 0 Å². The number of thiazole rings is 1. The molecule has 0 amide bonds. The summed E-state index contributed by atoms with van der Waals surface area (Å²) in [6.45, 7) is 2.22. The van der Waals surface area contributed by atoms with Crippen LogP contribution in [0.15, 0.2) is 57.9 Å². The second-order valence-electron chi connectivity index (χ2n) is 5.81. The van der Waals surface area contributed by atoms with Crippen molar-refractivity contribution in [3.63, 3.8) is 0 Å². The van der Waals surface area contributed by atoms with E-state index in [0.717, 1.165) is 19.8 Å². The molecule has 1 aromatic heterocycles. The maximum absolute atomic E-state index is 12.8. The van der Waals surface area contributed by atoms with Crippen molar-refractivity contribution in [3.05, 3.63) is 53.0 Å². The van der Waals surface area contributed by atoms with Crippen LogP contribution in [0.4, 0.5) is 5.13 Å². The van der Waals surface area contributed by atoms with Gasteiger partial charge in [-0.2, -0.15) is 4.31 Å². The molecule has 0 radical (unpaired) electrons.